The SMILES string of the molecule is CCCOCCNCCOCCOCC. The van der Waals surface area contributed by atoms with Gasteiger partial charge in [-0.2, -0.15) is 0 Å². The molecule has 0 unspecified atom stereocenters. The first-order valence-corrected chi connectivity index (χ1v) is 5.85. The van der Waals surface area contributed by atoms with Crippen LogP contribution in [0.1, 0.15) is 20.3 Å². The lowest BCUT2D eigenvalue weighted by molar-refractivity contribution is 0.0532. The molecule has 0 aliphatic heterocycles. The van der Waals surface area contributed by atoms with Crippen LogP contribution in [0.15, 0.2) is 0 Å². The first-order chi connectivity index (χ1) is 7.41. The van der Waals surface area contributed by atoms with Crippen LogP contribution in [0.25, 0.3) is 0 Å². The molecule has 0 saturated carbocycles. The van der Waals surface area contributed by atoms with E-state index in [2.05, 4.69) is 12.2 Å². The molecule has 4 nitrogen and oxygen atoms in total. The molecular formula is C11H25NO3. The van der Waals surface area contributed by atoms with Gasteiger partial charge in [-0.25, -0.2) is 0 Å². The molecule has 0 rings (SSSR count). The Balaban J connectivity index is 2.81. The van der Waals surface area contributed by atoms with Crippen molar-refractivity contribution in [1.29, 1.82) is 0 Å². The van der Waals surface area contributed by atoms with Gasteiger partial charge in [0.25, 0.3) is 0 Å². The Morgan fingerprint density at radius 1 is 0.733 bits per heavy atom. The van der Waals surface area contributed by atoms with Crippen molar-refractivity contribution in [2.24, 2.45) is 0 Å². The van der Waals surface area contributed by atoms with Crippen LogP contribution in [0.2, 0.25) is 0 Å². The molecule has 0 aromatic heterocycles. The average molecular weight is 219 g/mol. The maximum atomic E-state index is 5.34. The molecule has 0 amide bonds. The topological polar surface area (TPSA) is 39.7 Å². The third-order valence-electron chi connectivity index (χ3n) is 1.77. The fourth-order valence-corrected chi connectivity index (χ4v) is 1.02. The predicted molar refractivity (Wildman–Crippen MR) is 61.3 cm³/mol. The van der Waals surface area contributed by atoms with Crippen molar-refractivity contribution in [3.8, 4) is 0 Å². The minimum Gasteiger partial charge on any atom is -0.380 e. The van der Waals surface area contributed by atoms with Gasteiger partial charge in [0.05, 0.1) is 26.4 Å². The van der Waals surface area contributed by atoms with Gasteiger partial charge in [0.1, 0.15) is 0 Å². The molecule has 0 spiro atoms. The lowest BCUT2D eigenvalue weighted by Crippen LogP contribution is -2.24. The van der Waals surface area contributed by atoms with Crippen molar-refractivity contribution in [2.75, 3.05) is 52.7 Å². The first-order valence-electron chi connectivity index (χ1n) is 5.85. The summed E-state index contributed by atoms with van der Waals surface area (Å²) in [6.45, 7) is 10.4. The highest BCUT2D eigenvalue weighted by Crippen LogP contribution is 1.79. The minimum atomic E-state index is 0.682. The van der Waals surface area contributed by atoms with Gasteiger partial charge in [-0.15, -0.1) is 0 Å². The highest BCUT2D eigenvalue weighted by atomic mass is 16.5. The summed E-state index contributed by atoms with van der Waals surface area (Å²) in [4.78, 5) is 0. The quantitative estimate of drug-likeness (QED) is 0.498. The summed E-state index contributed by atoms with van der Waals surface area (Å²) >= 11 is 0. The summed E-state index contributed by atoms with van der Waals surface area (Å²) in [7, 11) is 0. The van der Waals surface area contributed by atoms with Crippen LogP contribution in [0.4, 0.5) is 0 Å². The monoisotopic (exact) mass is 219 g/mol. The van der Waals surface area contributed by atoms with Gasteiger partial charge < -0.3 is 19.5 Å². The second-order valence-electron chi connectivity index (χ2n) is 3.17. The van der Waals surface area contributed by atoms with E-state index >= 15 is 0 Å². The molecule has 0 heterocycles. The highest BCUT2D eigenvalue weighted by molar-refractivity contribution is 4.44. The molecule has 0 aliphatic carbocycles. The number of ether oxygens (including phenoxy) is 3. The predicted octanol–water partition coefficient (Wildman–Crippen LogP) is 1.06. The maximum Gasteiger partial charge on any atom is 0.0701 e. The lowest BCUT2D eigenvalue weighted by Gasteiger charge is -2.06. The Bertz CT molecular complexity index is 100. The molecule has 0 atom stereocenters. The van der Waals surface area contributed by atoms with Crippen molar-refractivity contribution in [1.82, 2.24) is 5.32 Å². The second kappa shape index (κ2) is 13.8. The van der Waals surface area contributed by atoms with Gasteiger partial charge >= 0.3 is 0 Å². The summed E-state index contributed by atoms with van der Waals surface area (Å²) < 4.78 is 15.8. The molecule has 4 heteroatoms. The number of nitrogens with one attached hydrogen (secondary N) is 1. The van der Waals surface area contributed by atoms with E-state index in [1.807, 2.05) is 6.92 Å². The molecule has 15 heavy (non-hydrogen) atoms. The number of hydrogen-bond donors (Lipinski definition) is 1. The van der Waals surface area contributed by atoms with Crippen LogP contribution >= 0.6 is 0 Å². The summed E-state index contributed by atoms with van der Waals surface area (Å²) in [6.07, 6.45) is 1.08. The van der Waals surface area contributed by atoms with E-state index in [1.165, 1.54) is 0 Å². The molecular weight excluding hydrogens is 194 g/mol. The van der Waals surface area contributed by atoms with Gasteiger partial charge in [0.2, 0.25) is 0 Å². The Kier molecular flexibility index (Phi) is 13.7. The standard InChI is InChI=1S/C11H25NO3/c1-3-7-14-8-5-12-6-9-15-11-10-13-4-2/h12H,3-11H2,1-2H3. The normalized spacial score (nSPS) is 10.8. The number of rotatable bonds is 12. The van der Waals surface area contributed by atoms with E-state index < -0.39 is 0 Å². The molecule has 1 N–H and O–H groups in total. The third kappa shape index (κ3) is 13.8. The largest absolute Gasteiger partial charge is 0.380 e. The summed E-state index contributed by atoms with van der Waals surface area (Å²) in [5, 5.41) is 3.24. The molecule has 92 valence electrons. The zero-order chi connectivity index (χ0) is 11.2. The average Bonchev–Trinajstić information content (AvgIpc) is 2.26. The van der Waals surface area contributed by atoms with Crippen LogP contribution in [-0.4, -0.2) is 52.7 Å². The molecule has 0 radical (unpaired) electrons. The van der Waals surface area contributed by atoms with Gasteiger partial charge in [0, 0.05) is 26.3 Å². The van der Waals surface area contributed by atoms with Crippen LogP contribution in [0.5, 0.6) is 0 Å². The molecule has 0 aromatic rings. The smallest absolute Gasteiger partial charge is 0.0701 e. The van der Waals surface area contributed by atoms with Crippen molar-refractivity contribution in [3.63, 3.8) is 0 Å². The van der Waals surface area contributed by atoms with E-state index in [-0.39, 0.29) is 0 Å². The van der Waals surface area contributed by atoms with Gasteiger partial charge in [-0.3, -0.25) is 0 Å². The highest BCUT2D eigenvalue weighted by Gasteiger charge is 1.90. The van der Waals surface area contributed by atoms with E-state index in [4.69, 9.17) is 14.2 Å². The lowest BCUT2D eigenvalue weighted by atomic mass is 10.5. The molecule has 0 saturated heterocycles. The summed E-state index contributed by atoms with van der Waals surface area (Å²) in [5.41, 5.74) is 0. The third-order valence-corrected chi connectivity index (χ3v) is 1.77. The van der Waals surface area contributed by atoms with E-state index in [1.54, 1.807) is 0 Å². The van der Waals surface area contributed by atoms with Crippen LogP contribution in [-0.2, 0) is 14.2 Å². The Hall–Kier alpha value is -0.160. The Morgan fingerprint density at radius 3 is 1.93 bits per heavy atom. The van der Waals surface area contributed by atoms with Crippen LogP contribution in [0.3, 0.4) is 0 Å². The number of hydrogen-bond acceptors (Lipinski definition) is 4. The zero-order valence-electron chi connectivity index (χ0n) is 10.1. The van der Waals surface area contributed by atoms with Crippen molar-refractivity contribution in [3.05, 3.63) is 0 Å². The molecule has 0 aromatic carbocycles. The Labute approximate surface area is 93.3 Å². The molecule has 0 fully saturated rings. The minimum absolute atomic E-state index is 0.682. The summed E-state index contributed by atoms with van der Waals surface area (Å²) in [6, 6.07) is 0. The van der Waals surface area contributed by atoms with E-state index in [0.29, 0.717) is 13.2 Å². The fourth-order valence-electron chi connectivity index (χ4n) is 1.02. The maximum absolute atomic E-state index is 5.34. The van der Waals surface area contributed by atoms with E-state index in [9.17, 15) is 0 Å². The van der Waals surface area contributed by atoms with Crippen molar-refractivity contribution >= 4 is 0 Å². The zero-order valence-corrected chi connectivity index (χ0v) is 10.1. The van der Waals surface area contributed by atoms with E-state index in [0.717, 1.165) is 45.9 Å². The molecule has 0 bridgehead atoms. The fraction of sp³-hybridized carbons (Fsp3) is 1.00. The van der Waals surface area contributed by atoms with Crippen molar-refractivity contribution in [2.45, 2.75) is 20.3 Å². The van der Waals surface area contributed by atoms with Gasteiger partial charge in [-0.1, -0.05) is 6.92 Å². The van der Waals surface area contributed by atoms with Crippen LogP contribution < -0.4 is 5.32 Å². The van der Waals surface area contributed by atoms with Crippen LogP contribution in [0, 0.1) is 0 Å². The van der Waals surface area contributed by atoms with Crippen molar-refractivity contribution < 1.29 is 14.2 Å². The molecule has 0 aliphatic rings. The van der Waals surface area contributed by atoms with Gasteiger partial charge in [-0.05, 0) is 13.3 Å². The second-order valence-corrected chi connectivity index (χ2v) is 3.17. The first kappa shape index (κ1) is 14.8. The Morgan fingerprint density at radius 2 is 1.33 bits per heavy atom. The summed E-state index contributed by atoms with van der Waals surface area (Å²) in [5.74, 6) is 0. The van der Waals surface area contributed by atoms with Gasteiger partial charge in [0.15, 0.2) is 0 Å².